The molecule has 0 aromatic heterocycles. The third-order valence-electron chi connectivity index (χ3n) is 3.56. The maximum atomic E-state index is 5.37. The zero-order valence-electron chi connectivity index (χ0n) is 11.7. The summed E-state index contributed by atoms with van der Waals surface area (Å²) in [7, 11) is 9.87. The van der Waals surface area contributed by atoms with Gasteiger partial charge in [-0.2, -0.15) is 4.90 Å². The number of benzene rings is 1. The van der Waals surface area contributed by atoms with E-state index in [1.807, 2.05) is 12.3 Å². The van der Waals surface area contributed by atoms with Crippen LogP contribution in [-0.4, -0.2) is 12.8 Å². The van der Waals surface area contributed by atoms with E-state index >= 15 is 0 Å². The molecule has 0 N–H and O–H groups in total. The fourth-order valence-electron chi connectivity index (χ4n) is 2.45. The Bertz CT molecular complexity index is 420. The molecule has 1 nitrogen and oxygen atoms in total. The van der Waals surface area contributed by atoms with Crippen molar-refractivity contribution in [1.82, 2.24) is 0 Å². The van der Waals surface area contributed by atoms with Crippen LogP contribution in [0.3, 0.4) is 0 Å². The van der Waals surface area contributed by atoms with E-state index in [2.05, 4.69) is 24.0 Å². The van der Waals surface area contributed by atoms with Crippen molar-refractivity contribution >= 4 is 35.9 Å². The van der Waals surface area contributed by atoms with Crippen molar-refractivity contribution in [1.29, 1.82) is 0 Å². The zero-order chi connectivity index (χ0) is 14.8. The first-order valence-electron chi connectivity index (χ1n) is 6.91. The Hall–Kier alpha value is 0.573. The van der Waals surface area contributed by atoms with Gasteiger partial charge < -0.3 is 12.6 Å². The van der Waals surface area contributed by atoms with Gasteiger partial charge in [0.15, 0.2) is 0 Å². The fraction of sp³-hybridized carbons (Fsp3) is 0.533. The molecule has 1 aromatic carbocycles. The van der Waals surface area contributed by atoms with E-state index in [1.54, 1.807) is 0 Å². The van der Waals surface area contributed by atoms with E-state index in [0.717, 1.165) is 22.9 Å². The molecule has 20 heavy (non-hydrogen) atoms. The van der Waals surface area contributed by atoms with Crippen LogP contribution < -0.4 is 0 Å². The number of rotatable bonds is 3. The van der Waals surface area contributed by atoms with E-state index in [9.17, 15) is 0 Å². The molecule has 1 aromatic rings. The first-order valence-corrected chi connectivity index (χ1v) is 13.7. The first kappa shape index (κ1) is 18.6. The normalized spacial score (nSPS) is 15.8. The van der Waals surface area contributed by atoms with Crippen LogP contribution >= 0.6 is 17.0 Å². The number of aliphatic imine (C=N–C) groups is 1. The summed E-state index contributed by atoms with van der Waals surface area (Å²) in [4.78, 5) is 5.52. The molecule has 1 aliphatic rings. The van der Waals surface area contributed by atoms with Gasteiger partial charge in [0.05, 0.1) is 0 Å². The number of nitrogens with zero attached hydrogens (tertiary/aromatic N) is 1. The van der Waals surface area contributed by atoms with E-state index in [1.165, 1.54) is 37.7 Å². The Morgan fingerprint density at radius 3 is 2.60 bits per heavy atom. The van der Waals surface area contributed by atoms with Gasteiger partial charge >= 0.3 is 37.9 Å². The minimum atomic E-state index is -0.826. The van der Waals surface area contributed by atoms with Gasteiger partial charge in [-0.1, -0.05) is 43.0 Å². The summed E-state index contributed by atoms with van der Waals surface area (Å²) < 4.78 is 0. The van der Waals surface area contributed by atoms with Crippen LogP contribution in [0.2, 0.25) is 0 Å². The monoisotopic (exact) mass is 406 g/mol. The second kappa shape index (κ2) is 11.2. The van der Waals surface area contributed by atoms with Crippen molar-refractivity contribution in [2.45, 2.75) is 43.9 Å². The molecule has 110 valence electrons. The average molecular weight is 409 g/mol. The molecule has 0 unspecified atom stereocenters. The molecule has 0 atom stereocenters. The van der Waals surface area contributed by atoms with E-state index in [0.29, 0.717) is 0 Å². The van der Waals surface area contributed by atoms with Crippen molar-refractivity contribution in [3.63, 3.8) is 0 Å². The zero-order valence-corrected chi connectivity index (χ0v) is 16.5. The van der Waals surface area contributed by atoms with Crippen molar-refractivity contribution in [2.24, 2.45) is 10.9 Å². The molecule has 0 heterocycles. The Labute approximate surface area is 146 Å². The van der Waals surface area contributed by atoms with Crippen LogP contribution in [0.5, 0.6) is 0 Å². The maximum absolute atomic E-state index is 5.37. The molecule has 0 bridgehead atoms. The Morgan fingerprint density at radius 2 is 1.95 bits per heavy atom. The minimum absolute atomic E-state index is 0.804. The van der Waals surface area contributed by atoms with Crippen molar-refractivity contribution in [2.75, 3.05) is 6.54 Å². The summed E-state index contributed by atoms with van der Waals surface area (Å²) in [6.45, 7) is 3.03. The molecule has 2 rings (SSSR count). The van der Waals surface area contributed by atoms with Gasteiger partial charge in [0.1, 0.15) is 0 Å². The number of aryl methyl sites for hydroxylation is 1. The third kappa shape index (κ3) is 7.03. The average Bonchev–Trinajstić information content (AvgIpc) is 2.45. The SMILES string of the molecule is Cc1cccc(C=NCC2CCCCC2)c1[S-].[Cl][Zr][Cl]. The summed E-state index contributed by atoms with van der Waals surface area (Å²) in [6.07, 6.45) is 8.85. The van der Waals surface area contributed by atoms with Gasteiger partial charge in [-0.05, 0) is 31.2 Å². The quantitative estimate of drug-likeness (QED) is 0.490. The molecule has 0 radical (unpaired) electrons. The van der Waals surface area contributed by atoms with Gasteiger partial charge in [0.2, 0.25) is 0 Å². The van der Waals surface area contributed by atoms with Crippen LogP contribution in [0.15, 0.2) is 28.1 Å². The standard InChI is InChI=1S/C15H21NS.2ClH.Zr/c1-12-6-5-9-14(15(12)17)11-16-10-13-7-3-2-4-8-13;;;/h5-6,9,11,13,17H,2-4,7-8,10H2,1H3;2*1H;/q;;;+2/p-3. The van der Waals surface area contributed by atoms with Crippen LogP contribution in [0.1, 0.15) is 43.2 Å². The second-order valence-electron chi connectivity index (χ2n) is 5.06. The van der Waals surface area contributed by atoms with Crippen molar-refractivity contribution in [3.05, 3.63) is 29.3 Å². The van der Waals surface area contributed by atoms with Crippen LogP contribution in [0.25, 0.3) is 0 Å². The third-order valence-corrected chi connectivity index (χ3v) is 4.12. The molecule has 0 spiro atoms. The Kier molecular flexibility index (Phi) is 10.4. The molecule has 0 saturated heterocycles. The number of hydrogen-bond donors (Lipinski definition) is 0. The van der Waals surface area contributed by atoms with Gasteiger partial charge in [-0.25, -0.2) is 0 Å². The summed E-state index contributed by atoms with van der Waals surface area (Å²) in [5.41, 5.74) is 2.26. The topological polar surface area (TPSA) is 12.4 Å². The van der Waals surface area contributed by atoms with Gasteiger partial charge in [0, 0.05) is 12.8 Å². The molecular weight excluding hydrogens is 388 g/mol. The van der Waals surface area contributed by atoms with Crippen LogP contribution in [0.4, 0.5) is 0 Å². The fourth-order valence-corrected chi connectivity index (χ4v) is 2.64. The summed E-state index contributed by atoms with van der Waals surface area (Å²) in [5.74, 6) is 0.804. The van der Waals surface area contributed by atoms with Crippen LogP contribution in [-0.2, 0) is 33.5 Å². The molecular formula is C15H20Cl2NSZr-. The summed E-state index contributed by atoms with van der Waals surface area (Å²) in [5, 5.41) is 0. The number of halogens is 2. The second-order valence-corrected chi connectivity index (χ2v) is 9.20. The number of hydrogen-bond acceptors (Lipinski definition) is 2. The Balaban J connectivity index is 0.000000612. The molecule has 1 fully saturated rings. The van der Waals surface area contributed by atoms with E-state index in [-0.39, 0.29) is 0 Å². The molecule has 0 amide bonds. The van der Waals surface area contributed by atoms with Gasteiger partial charge in [-0.15, -0.1) is 0 Å². The van der Waals surface area contributed by atoms with Crippen molar-refractivity contribution in [3.8, 4) is 0 Å². The van der Waals surface area contributed by atoms with Gasteiger partial charge in [0.25, 0.3) is 0 Å². The predicted octanol–water partition coefficient (Wildman–Crippen LogP) is 5.28. The van der Waals surface area contributed by atoms with Gasteiger partial charge in [-0.3, -0.25) is 4.99 Å². The predicted molar refractivity (Wildman–Crippen MR) is 87.6 cm³/mol. The van der Waals surface area contributed by atoms with E-state index < -0.39 is 20.8 Å². The van der Waals surface area contributed by atoms with Crippen molar-refractivity contribution < 1.29 is 20.8 Å². The van der Waals surface area contributed by atoms with E-state index in [4.69, 9.17) is 29.7 Å². The Morgan fingerprint density at radius 1 is 1.30 bits per heavy atom. The first-order chi connectivity index (χ1) is 9.69. The molecule has 5 heteroatoms. The summed E-state index contributed by atoms with van der Waals surface area (Å²) >= 11 is 4.55. The summed E-state index contributed by atoms with van der Waals surface area (Å²) in [6, 6.07) is 6.16. The molecule has 1 aliphatic carbocycles. The molecule has 0 aliphatic heterocycles. The van der Waals surface area contributed by atoms with Crippen LogP contribution in [0, 0.1) is 12.8 Å². The molecule has 1 saturated carbocycles.